The Morgan fingerprint density at radius 1 is 1.17 bits per heavy atom. The summed E-state index contributed by atoms with van der Waals surface area (Å²) in [5, 5.41) is 0. The maximum atomic E-state index is 5.65. The molecule has 0 aliphatic carbocycles. The molecule has 2 N–H and O–H groups in total. The van der Waals surface area contributed by atoms with Crippen molar-refractivity contribution in [3.05, 3.63) is 28.8 Å². The van der Waals surface area contributed by atoms with Crippen LogP contribution in [0.25, 0.3) is 0 Å². The minimum Gasteiger partial charge on any atom is -0.496 e. The largest absolute Gasteiger partial charge is 0.496 e. The molecule has 0 radical (unpaired) electrons. The van der Waals surface area contributed by atoms with Crippen molar-refractivity contribution in [2.75, 3.05) is 13.7 Å². The lowest BCUT2D eigenvalue weighted by molar-refractivity contribution is 0.409. The Balaban J connectivity index is 3.08. The standard InChI is InChI=1S/C16H27NO/c1-11(2)14(7-6-8-17)15-9-13(4)16(18-5)10-12(15)3/h9-11,14H,6-8,17H2,1-5H3. The zero-order chi connectivity index (χ0) is 13.7. The molecule has 0 heterocycles. The van der Waals surface area contributed by atoms with Crippen LogP contribution in [0.2, 0.25) is 0 Å². The van der Waals surface area contributed by atoms with Gasteiger partial charge in [-0.1, -0.05) is 19.9 Å². The number of rotatable bonds is 6. The van der Waals surface area contributed by atoms with E-state index in [2.05, 4.69) is 39.8 Å². The Morgan fingerprint density at radius 2 is 1.83 bits per heavy atom. The molecule has 18 heavy (non-hydrogen) atoms. The Kier molecular flexibility index (Phi) is 5.67. The Labute approximate surface area is 112 Å². The van der Waals surface area contributed by atoms with Crippen molar-refractivity contribution in [2.24, 2.45) is 11.7 Å². The van der Waals surface area contributed by atoms with E-state index >= 15 is 0 Å². The average Bonchev–Trinajstić information content (AvgIpc) is 2.32. The third kappa shape index (κ3) is 3.49. The number of hydrogen-bond acceptors (Lipinski definition) is 2. The van der Waals surface area contributed by atoms with Gasteiger partial charge in [0.05, 0.1) is 7.11 Å². The van der Waals surface area contributed by atoms with Crippen LogP contribution in [0.15, 0.2) is 12.1 Å². The van der Waals surface area contributed by atoms with Gasteiger partial charge in [0.1, 0.15) is 5.75 Å². The Bertz CT molecular complexity index is 385. The first-order valence-electron chi connectivity index (χ1n) is 6.86. The molecule has 0 spiro atoms. The van der Waals surface area contributed by atoms with Crippen molar-refractivity contribution < 1.29 is 4.74 Å². The second-order valence-corrected chi connectivity index (χ2v) is 5.46. The topological polar surface area (TPSA) is 35.2 Å². The van der Waals surface area contributed by atoms with E-state index in [1.165, 1.54) is 23.1 Å². The van der Waals surface area contributed by atoms with Gasteiger partial charge in [-0.25, -0.2) is 0 Å². The number of benzene rings is 1. The van der Waals surface area contributed by atoms with Crippen LogP contribution < -0.4 is 10.5 Å². The molecule has 0 bridgehead atoms. The van der Waals surface area contributed by atoms with Crippen LogP contribution in [-0.4, -0.2) is 13.7 Å². The molecule has 1 unspecified atom stereocenters. The molecule has 1 aromatic rings. The van der Waals surface area contributed by atoms with E-state index in [0.717, 1.165) is 18.7 Å². The summed E-state index contributed by atoms with van der Waals surface area (Å²) in [6.07, 6.45) is 2.26. The summed E-state index contributed by atoms with van der Waals surface area (Å²) in [4.78, 5) is 0. The molecule has 1 atom stereocenters. The highest BCUT2D eigenvalue weighted by molar-refractivity contribution is 5.43. The third-order valence-electron chi connectivity index (χ3n) is 3.71. The van der Waals surface area contributed by atoms with Crippen LogP contribution in [-0.2, 0) is 0 Å². The predicted octanol–water partition coefficient (Wildman–Crippen LogP) is 3.79. The SMILES string of the molecule is COc1cc(C)c(C(CCCN)C(C)C)cc1C. The van der Waals surface area contributed by atoms with Gasteiger partial charge in [0.15, 0.2) is 0 Å². The van der Waals surface area contributed by atoms with Crippen LogP contribution in [0.1, 0.15) is 49.3 Å². The number of ether oxygens (including phenoxy) is 1. The van der Waals surface area contributed by atoms with Gasteiger partial charge < -0.3 is 10.5 Å². The lowest BCUT2D eigenvalue weighted by Crippen LogP contribution is -2.11. The minimum atomic E-state index is 0.596. The van der Waals surface area contributed by atoms with Gasteiger partial charge in [0.2, 0.25) is 0 Å². The van der Waals surface area contributed by atoms with E-state index in [1.54, 1.807) is 7.11 Å². The number of aryl methyl sites for hydroxylation is 2. The van der Waals surface area contributed by atoms with Gasteiger partial charge in [-0.15, -0.1) is 0 Å². The number of hydrogen-bond donors (Lipinski definition) is 1. The molecule has 0 saturated carbocycles. The first-order valence-corrected chi connectivity index (χ1v) is 6.86. The Morgan fingerprint density at radius 3 is 2.33 bits per heavy atom. The van der Waals surface area contributed by atoms with Crippen molar-refractivity contribution in [3.8, 4) is 5.75 Å². The average molecular weight is 249 g/mol. The molecule has 102 valence electrons. The fraction of sp³-hybridized carbons (Fsp3) is 0.625. The summed E-state index contributed by atoms with van der Waals surface area (Å²) < 4.78 is 5.38. The Hall–Kier alpha value is -1.02. The molecule has 1 rings (SSSR count). The van der Waals surface area contributed by atoms with Crippen molar-refractivity contribution >= 4 is 0 Å². The van der Waals surface area contributed by atoms with Crippen molar-refractivity contribution in [2.45, 2.75) is 46.5 Å². The van der Waals surface area contributed by atoms with Gasteiger partial charge in [-0.3, -0.25) is 0 Å². The molecule has 0 fully saturated rings. The number of nitrogens with two attached hydrogens (primary N) is 1. The summed E-state index contributed by atoms with van der Waals surface area (Å²) in [5.41, 5.74) is 9.65. The van der Waals surface area contributed by atoms with Gasteiger partial charge in [-0.2, -0.15) is 0 Å². The molecule has 2 nitrogen and oxygen atoms in total. The monoisotopic (exact) mass is 249 g/mol. The zero-order valence-electron chi connectivity index (χ0n) is 12.4. The van der Waals surface area contributed by atoms with Crippen molar-refractivity contribution in [1.29, 1.82) is 0 Å². The lowest BCUT2D eigenvalue weighted by Gasteiger charge is -2.24. The molecule has 0 aliphatic heterocycles. The maximum absolute atomic E-state index is 5.65. The summed E-state index contributed by atoms with van der Waals surface area (Å²) in [6.45, 7) is 9.65. The maximum Gasteiger partial charge on any atom is 0.122 e. The van der Waals surface area contributed by atoms with E-state index in [4.69, 9.17) is 10.5 Å². The molecule has 1 aromatic carbocycles. The van der Waals surface area contributed by atoms with Crippen molar-refractivity contribution in [1.82, 2.24) is 0 Å². The zero-order valence-corrected chi connectivity index (χ0v) is 12.4. The minimum absolute atomic E-state index is 0.596. The molecule has 0 amide bonds. The van der Waals surface area contributed by atoms with Crippen LogP contribution in [0, 0.1) is 19.8 Å². The second-order valence-electron chi connectivity index (χ2n) is 5.46. The smallest absolute Gasteiger partial charge is 0.122 e. The first kappa shape index (κ1) is 15.0. The highest BCUT2D eigenvalue weighted by Crippen LogP contribution is 2.34. The van der Waals surface area contributed by atoms with Crippen molar-refractivity contribution in [3.63, 3.8) is 0 Å². The molecular formula is C16H27NO. The third-order valence-corrected chi connectivity index (χ3v) is 3.71. The molecule has 0 saturated heterocycles. The van der Waals surface area contributed by atoms with Gasteiger partial charge in [0.25, 0.3) is 0 Å². The summed E-state index contributed by atoms with van der Waals surface area (Å²) in [7, 11) is 1.73. The van der Waals surface area contributed by atoms with Gasteiger partial charge in [0, 0.05) is 0 Å². The van der Waals surface area contributed by atoms with E-state index in [-0.39, 0.29) is 0 Å². The first-order chi connectivity index (χ1) is 8.51. The van der Waals surface area contributed by atoms with Gasteiger partial charge >= 0.3 is 0 Å². The second kappa shape index (κ2) is 6.79. The summed E-state index contributed by atoms with van der Waals surface area (Å²) >= 11 is 0. The van der Waals surface area contributed by atoms with Crippen LogP contribution in [0.4, 0.5) is 0 Å². The number of methoxy groups -OCH3 is 1. The molecule has 0 aliphatic rings. The highest BCUT2D eigenvalue weighted by atomic mass is 16.5. The van der Waals surface area contributed by atoms with Gasteiger partial charge in [-0.05, 0) is 67.8 Å². The van der Waals surface area contributed by atoms with E-state index < -0.39 is 0 Å². The van der Waals surface area contributed by atoms with Crippen LogP contribution >= 0.6 is 0 Å². The predicted molar refractivity (Wildman–Crippen MR) is 78.3 cm³/mol. The van der Waals surface area contributed by atoms with Crippen LogP contribution in [0.3, 0.4) is 0 Å². The lowest BCUT2D eigenvalue weighted by atomic mass is 9.82. The fourth-order valence-corrected chi connectivity index (χ4v) is 2.62. The summed E-state index contributed by atoms with van der Waals surface area (Å²) in [6, 6.07) is 4.44. The van der Waals surface area contributed by atoms with E-state index in [0.29, 0.717) is 11.8 Å². The van der Waals surface area contributed by atoms with E-state index in [9.17, 15) is 0 Å². The molecule has 2 heteroatoms. The fourth-order valence-electron chi connectivity index (χ4n) is 2.62. The van der Waals surface area contributed by atoms with E-state index in [1.807, 2.05) is 0 Å². The molecule has 0 aromatic heterocycles. The summed E-state index contributed by atoms with van der Waals surface area (Å²) in [5.74, 6) is 2.22. The normalized spacial score (nSPS) is 12.8. The van der Waals surface area contributed by atoms with Crippen LogP contribution in [0.5, 0.6) is 5.75 Å². The highest BCUT2D eigenvalue weighted by Gasteiger charge is 2.18. The quantitative estimate of drug-likeness (QED) is 0.832. The molecular weight excluding hydrogens is 222 g/mol.